The van der Waals surface area contributed by atoms with Crippen molar-refractivity contribution in [3.63, 3.8) is 0 Å². The molecule has 2 rings (SSSR count). The van der Waals surface area contributed by atoms with E-state index < -0.39 is 28.3 Å². The van der Waals surface area contributed by atoms with Crippen LogP contribution in [0.5, 0.6) is 0 Å². The summed E-state index contributed by atoms with van der Waals surface area (Å²) in [5, 5.41) is 2.97. The quantitative estimate of drug-likeness (QED) is 0.766. The number of carbonyl (C=O) groups excluding carboxylic acids is 2. The summed E-state index contributed by atoms with van der Waals surface area (Å²) in [7, 11) is -3.05. The fraction of sp³-hybridized carbons (Fsp3) is 0.500. The number of pyridine rings is 1. The minimum absolute atomic E-state index is 0.0160. The molecule has 1 saturated heterocycles. The summed E-state index contributed by atoms with van der Waals surface area (Å²) in [5.41, 5.74) is 0.496. The second-order valence-electron chi connectivity index (χ2n) is 5.57. The molecule has 2 heterocycles. The molecule has 1 aliphatic heterocycles. The molecule has 0 aliphatic carbocycles. The van der Waals surface area contributed by atoms with E-state index in [-0.39, 0.29) is 34.7 Å². The second-order valence-corrected chi connectivity index (χ2v) is 8.61. The summed E-state index contributed by atoms with van der Waals surface area (Å²) in [4.78, 5) is 27.5. The van der Waals surface area contributed by atoms with E-state index in [4.69, 9.17) is 27.9 Å². The van der Waals surface area contributed by atoms with E-state index in [1.54, 1.807) is 6.92 Å². The SMILES string of the molecule is Cc1nc(NC(=O)COC(=O)C[C@H]2CCS(=O)(=O)C2)c(Cl)cc1Cl. The second kappa shape index (κ2) is 7.67. The van der Waals surface area contributed by atoms with E-state index in [1.165, 1.54) is 6.07 Å². The standard InChI is InChI=1S/C14H16Cl2N2O5S/c1-8-10(15)5-11(16)14(17-8)18-12(19)6-23-13(20)4-9-2-3-24(21,22)7-9/h5,9H,2-4,6-7H2,1H3,(H,17,18,19)/t9-/m1/s1. The Balaban J connectivity index is 1.81. The van der Waals surface area contributed by atoms with Crippen LogP contribution in [0.25, 0.3) is 0 Å². The first-order valence-corrected chi connectivity index (χ1v) is 9.72. The number of amides is 1. The van der Waals surface area contributed by atoms with Gasteiger partial charge in [-0.2, -0.15) is 0 Å². The Labute approximate surface area is 149 Å². The van der Waals surface area contributed by atoms with Gasteiger partial charge in [-0.05, 0) is 25.3 Å². The molecule has 1 atom stereocenters. The van der Waals surface area contributed by atoms with Gasteiger partial charge in [-0.25, -0.2) is 13.4 Å². The summed E-state index contributed by atoms with van der Waals surface area (Å²) in [6, 6.07) is 1.45. The predicted octanol–water partition coefficient (Wildman–Crippen LogP) is 2.00. The lowest BCUT2D eigenvalue weighted by atomic mass is 10.1. The van der Waals surface area contributed by atoms with Gasteiger partial charge < -0.3 is 10.1 Å². The molecular formula is C14H16Cl2N2O5S. The van der Waals surface area contributed by atoms with Crippen molar-refractivity contribution in [2.45, 2.75) is 19.8 Å². The number of halogens is 2. The molecule has 0 unspecified atom stereocenters. The number of nitrogens with one attached hydrogen (secondary N) is 1. The highest BCUT2D eigenvalue weighted by Gasteiger charge is 2.30. The van der Waals surface area contributed by atoms with E-state index in [2.05, 4.69) is 10.3 Å². The Morgan fingerprint density at radius 3 is 2.71 bits per heavy atom. The lowest BCUT2D eigenvalue weighted by molar-refractivity contribution is -0.148. The molecule has 0 radical (unpaired) electrons. The van der Waals surface area contributed by atoms with Crippen molar-refractivity contribution in [2.24, 2.45) is 5.92 Å². The van der Waals surface area contributed by atoms with E-state index in [0.717, 1.165) is 0 Å². The molecule has 1 aromatic rings. The van der Waals surface area contributed by atoms with Gasteiger partial charge in [0.15, 0.2) is 22.3 Å². The third kappa shape index (κ3) is 5.32. The number of aryl methyl sites for hydroxylation is 1. The van der Waals surface area contributed by atoms with Crippen molar-refractivity contribution in [1.29, 1.82) is 0 Å². The topological polar surface area (TPSA) is 102 Å². The summed E-state index contributed by atoms with van der Waals surface area (Å²) < 4.78 is 27.5. The molecule has 0 bridgehead atoms. The fourth-order valence-electron chi connectivity index (χ4n) is 2.29. The maximum atomic E-state index is 11.8. The molecule has 1 fully saturated rings. The van der Waals surface area contributed by atoms with Gasteiger partial charge in [-0.3, -0.25) is 9.59 Å². The number of ether oxygens (including phenoxy) is 1. The molecule has 0 aromatic carbocycles. The van der Waals surface area contributed by atoms with Gasteiger partial charge in [0.05, 0.1) is 27.2 Å². The maximum absolute atomic E-state index is 11.8. The zero-order valence-electron chi connectivity index (χ0n) is 12.8. The predicted molar refractivity (Wildman–Crippen MR) is 90.0 cm³/mol. The number of esters is 1. The third-order valence-electron chi connectivity index (χ3n) is 3.51. The van der Waals surface area contributed by atoms with Gasteiger partial charge in [0, 0.05) is 6.42 Å². The fourth-order valence-corrected chi connectivity index (χ4v) is 4.56. The molecule has 132 valence electrons. The van der Waals surface area contributed by atoms with Gasteiger partial charge in [-0.15, -0.1) is 0 Å². The van der Waals surface area contributed by atoms with Gasteiger partial charge >= 0.3 is 5.97 Å². The molecular weight excluding hydrogens is 379 g/mol. The molecule has 1 aliphatic rings. The van der Waals surface area contributed by atoms with Crippen LogP contribution in [0.3, 0.4) is 0 Å². The monoisotopic (exact) mass is 394 g/mol. The van der Waals surface area contributed by atoms with Gasteiger partial charge in [-0.1, -0.05) is 23.2 Å². The first-order valence-electron chi connectivity index (χ1n) is 7.15. The van der Waals surface area contributed by atoms with E-state index in [0.29, 0.717) is 17.1 Å². The molecule has 0 saturated carbocycles. The Kier molecular flexibility index (Phi) is 6.06. The van der Waals surface area contributed by atoms with Crippen LogP contribution in [0.1, 0.15) is 18.5 Å². The van der Waals surface area contributed by atoms with Crippen molar-refractivity contribution in [2.75, 3.05) is 23.4 Å². The number of carbonyl (C=O) groups is 2. The van der Waals surface area contributed by atoms with Crippen LogP contribution in [0, 0.1) is 12.8 Å². The van der Waals surface area contributed by atoms with Crippen LogP contribution < -0.4 is 5.32 Å². The highest BCUT2D eigenvalue weighted by Crippen LogP contribution is 2.25. The van der Waals surface area contributed by atoms with Gasteiger partial charge in [0.25, 0.3) is 5.91 Å². The summed E-state index contributed by atoms with van der Waals surface area (Å²) in [5.74, 6) is -1.26. The number of aromatic nitrogens is 1. The summed E-state index contributed by atoms with van der Waals surface area (Å²) in [6.07, 6.45) is 0.415. The summed E-state index contributed by atoms with van der Waals surface area (Å²) >= 11 is 11.8. The van der Waals surface area contributed by atoms with Crippen molar-refractivity contribution in [1.82, 2.24) is 4.98 Å². The molecule has 24 heavy (non-hydrogen) atoms. The van der Waals surface area contributed by atoms with Crippen molar-refractivity contribution in [3.05, 3.63) is 21.8 Å². The molecule has 10 heteroatoms. The average molecular weight is 395 g/mol. The van der Waals surface area contributed by atoms with Crippen LogP contribution in [0.4, 0.5) is 5.82 Å². The molecule has 1 aromatic heterocycles. The first kappa shape index (κ1) is 19.0. The Hall–Kier alpha value is -1.38. The van der Waals surface area contributed by atoms with Crippen LogP contribution in [-0.4, -0.2) is 43.4 Å². The van der Waals surface area contributed by atoms with Gasteiger partial charge in [0.1, 0.15) is 0 Å². The molecule has 0 spiro atoms. The Morgan fingerprint density at radius 2 is 2.08 bits per heavy atom. The molecule has 1 N–H and O–H groups in total. The van der Waals surface area contributed by atoms with Crippen molar-refractivity contribution >= 4 is 50.7 Å². The van der Waals surface area contributed by atoms with Crippen LogP contribution in [0.15, 0.2) is 6.07 Å². The lowest BCUT2D eigenvalue weighted by Crippen LogP contribution is -2.23. The Morgan fingerprint density at radius 1 is 1.38 bits per heavy atom. The smallest absolute Gasteiger partial charge is 0.306 e. The van der Waals surface area contributed by atoms with Crippen LogP contribution in [0.2, 0.25) is 10.0 Å². The van der Waals surface area contributed by atoms with Crippen molar-refractivity contribution in [3.8, 4) is 0 Å². The minimum Gasteiger partial charge on any atom is -0.456 e. The molecule has 1 amide bonds. The largest absolute Gasteiger partial charge is 0.456 e. The zero-order valence-corrected chi connectivity index (χ0v) is 15.2. The number of nitrogens with zero attached hydrogens (tertiary/aromatic N) is 1. The van der Waals surface area contributed by atoms with Crippen LogP contribution in [-0.2, 0) is 24.2 Å². The number of hydrogen-bond donors (Lipinski definition) is 1. The van der Waals surface area contributed by atoms with Crippen LogP contribution >= 0.6 is 23.2 Å². The number of rotatable bonds is 5. The number of hydrogen-bond acceptors (Lipinski definition) is 6. The highest BCUT2D eigenvalue weighted by molar-refractivity contribution is 7.91. The third-order valence-corrected chi connectivity index (χ3v) is 6.02. The van der Waals surface area contributed by atoms with Crippen molar-refractivity contribution < 1.29 is 22.7 Å². The zero-order chi connectivity index (χ0) is 17.9. The minimum atomic E-state index is -3.05. The average Bonchev–Trinajstić information content (AvgIpc) is 2.81. The first-order chi connectivity index (χ1) is 11.2. The van der Waals surface area contributed by atoms with E-state index >= 15 is 0 Å². The van der Waals surface area contributed by atoms with E-state index in [1.807, 2.05) is 0 Å². The highest BCUT2D eigenvalue weighted by atomic mass is 35.5. The number of anilines is 1. The molecule has 7 nitrogen and oxygen atoms in total. The van der Waals surface area contributed by atoms with E-state index in [9.17, 15) is 18.0 Å². The number of sulfone groups is 1. The lowest BCUT2D eigenvalue weighted by Gasteiger charge is -2.10. The normalized spacial score (nSPS) is 19.0. The Bertz CT molecular complexity index is 767. The summed E-state index contributed by atoms with van der Waals surface area (Å²) in [6.45, 7) is 1.15. The maximum Gasteiger partial charge on any atom is 0.306 e. The van der Waals surface area contributed by atoms with Gasteiger partial charge in [0.2, 0.25) is 0 Å².